The lowest BCUT2D eigenvalue weighted by molar-refractivity contribution is -0.137. The molecule has 2 aliphatic heterocycles. The highest BCUT2D eigenvalue weighted by atomic mass is 32.2. The molecule has 1 saturated heterocycles. The second-order valence-electron chi connectivity index (χ2n) is 18.1. The van der Waals surface area contributed by atoms with Crippen LogP contribution in [0.5, 0.6) is 0 Å². The Kier molecular flexibility index (Phi) is 12.7. The third-order valence-electron chi connectivity index (χ3n) is 13.3. The van der Waals surface area contributed by atoms with E-state index in [9.17, 15) is 19.5 Å². The number of thiazole rings is 3. The van der Waals surface area contributed by atoms with Gasteiger partial charge >= 0.3 is 5.97 Å². The standard InChI is InChI=1S/C54H45N11O4S4/c1-30-44(35-20-21-35)57-53(72-30)61-59-48-46(62-64(49(48)68)51-38-23-22-37(38)39(28-70-51)32-13-5-2-6-14-32)36-19-11-12-31(26-36)27-42-40(24-25-43(66)67)55-52(73-42)60-58-47-45(34-17-9-4-10-18-34)63-65(50(47)69)54-56-41(29-71-54)33-15-7-3-8-16-33/h2-19,26,28-29,35,37,45,62-63H,20-25,27H2,1H3,(H,55,60)(H,66,67)/b58-47-,61-59?. The fourth-order valence-corrected chi connectivity index (χ4v) is 13.2. The number of rotatable bonds is 16. The Hall–Kier alpha value is -7.42. The summed E-state index contributed by atoms with van der Waals surface area (Å²) in [5, 5.41) is 34.9. The molecule has 2 saturated carbocycles. The van der Waals surface area contributed by atoms with Crippen LogP contribution in [0.25, 0.3) is 33.1 Å². The minimum atomic E-state index is -0.944. The number of anilines is 2. The number of aromatic amines is 1. The molecule has 1 amide bonds. The number of fused-ring (bicyclic) bond motifs is 1. The van der Waals surface area contributed by atoms with Gasteiger partial charge in [0.05, 0.1) is 29.2 Å². The summed E-state index contributed by atoms with van der Waals surface area (Å²) in [4.78, 5) is 57.2. The first-order valence-corrected chi connectivity index (χ1v) is 27.3. The number of carboxylic acids is 1. The number of H-pyrrole nitrogens is 1. The predicted octanol–water partition coefficient (Wildman–Crippen LogP) is 12.5. The zero-order valence-corrected chi connectivity index (χ0v) is 42.5. The van der Waals surface area contributed by atoms with Crippen LogP contribution in [0.4, 0.5) is 21.1 Å². The average molecular weight is 1040 g/mol. The molecule has 0 radical (unpaired) electrons. The van der Waals surface area contributed by atoms with Crippen LogP contribution in [-0.2, 0) is 22.4 Å². The molecule has 12 rings (SSSR count). The number of thioether (sulfide) groups is 1. The van der Waals surface area contributed by atoms with Crippen LogP contribution in [0.15, 0.2) is 152 Å². The number of carboxylic acid groups (broad SMARTS) is 1. The Morgan fingerprint density at radius 2 is 1.62 bits per heavy atom. The number of aromatic nitrogens is 5. The number of aryl methyl sites for hydroxylation is 2. The number of carbonyl (C=O) groups excluding carboxylic acids is 1. The maximum atomic E-state index is 14.7. The van der Waals surface area contributed by atoms with Crippen molar-refractivity contribution in [1.29, 1.82) is 0 Å². The van der Waals surface area contributed by atoms with Crippen molar-refractivity contribution in [2.45, 2.75) is 63.8 Å². The number of hydrazine groups is 1. The SMILES string of the molecule is Cc1sc(N=Nc2c(-c3cccc(Cc4sc(N/N=C5\C(=O)N(c6nc(-c7ccccc7)cs6)NC5c5ccccc5)nc4CCC(=O)O)c3)[nH]n(C3=C4CCC4C(c4ccccc4)=CS3)c2=O)nc1C1CC1. The molecule has 2 atom stereocenters. The van der Waals surface area contributed by atoms with Crippen LogP contribution in [0.1, 0.15) is 81.9 Å². The molecule has 2 unspecified atom stereocenters. The van der Waals surface area contributed by atoms with Gasteiger partial charge in [0.2, 0.25) is 15.4 Å². The minimum Gasteiger partial charge on any atom is -0.481 e. The summed E-state index contributed by atoms with van der Waals surface area (Å²) in [5.41, 5.74) is 16.5. The quantitative estimate of drug-likeness (QED) is 0.0534. The fraction of sp³-hybridized carbons (Fsp3) is 0.204. The van der Waals surface area contributed by atoms with E-state index >= 15 is 0 Å². The highest BCUT2D eigenvalue weighted by Gasteiger charge is 2.41. The molecule has 4 aliphatic rings. The molecule has 364 valence electrons. The summed E-state index contributed by atoms with van der Waals surface area (Å²) >= 11 is 5.72. The summed E-state index contributed by atoms with van der Waals surface area (Å²) in [7, 11) is 0. The van der Waals surface area contributed by atoms with Gasteiger partial charge in [-0.3, -0.25) is 24.9 Å². The van der Waals surface area contributed by atoms with Crippen molar-refractivity contribution in [3.05, 3.63) is 180 Å². The molecular weight excluding hydrogens is 995 g/mol. The Morgan fingerprint density at radius 3 is 2.36 bits per heavy atom. The smallest absolute Gasteiger partial charge is 0.303 e. The van der Waals surface area contributed by atoms with Crippen molar-refractivity contribution >= 4 is 95.0 Å². The number of hydrogen-bond donors (Lipinski definition) is 4. The number of nitrogens with one attached hydrogen (secondary N) is 3. The Balaban J connectivity index is 0.855. The maximum absolute atomic E-state index is 14.7. The van der Waals surface area contributed by atoms with E-state index in [1.54, 1.807) is 16.4 Å². The molecule has 19 heteroatoms. The van der Waals surface area contributed by atoms with Gasteiger partial charge in [-0.1, -0.05) is 144 Å². The number of aliphatic carboxylic acids is 1. The summed E-state index contributed by atoms with van der Waals surface area (Å²) < 4.78 is 1.63. The molecular formula is C54H45N11O4S4. The number of hydrazone groups is 1. The zero-order chi connectivity index (χ0) is 49.6. The van der Waals surface area contributed by atoms with Gasteiger partial charge < -0.3 is 5.11 Å². The van der Waals surface area contributed by atoms with E-state index in [-0.39, 0.29) is 41.6 Å². The van der Waals surface area contributed by atoms with Crippen molar-refractivity contribution in [2.75, 3.05) is 10.4 Å². The summed E-state index contributed by atoms with van der Waals surface area (Å²) in [5.74, 6) is -0.632. The Labute approximate surface area is 435 Å². The van der Waals surface area contributed by atoms with Gasteiger partial charge in [0.1, 0.15) is 11.1 Å². The van der Waals surface area contributed by atoms with Gasteiger partial charge in [-0.25, -0.2) is 30.1 Å². The topological polar surface area (TPSA) is 195 Å². The lowest BCUT2D eigenvalue weighted by Gasteiger charge is -2.37. The lowest BCUT2D eigenvalue weighted by atomic mass is 9.73. The molecule has 6 heterocycles. The van der Waals surface area contributed by atoms with Gasteiger partial charge in [0.25, 0.3) is 11.5 Å². The number of azo groups is 1. The summed E-state index contributed by atoms with van der Waals surface area (Å²) in [6, 6.07) is 37.1. The first kappa shape index (κ1) is 46.6. The normalized spacial score (nSPS) is 18.2. The minimum absolute atomic E-state index is 0.125. The molecule has 8 aromatic rings. The second kappa shape index (κ2) is 19.9. The molecule has 15 nitrogen and oxygen atoms in total. The van der Waals surface area contributed by atoms with E-state index in [1.165, 1.54) is 55.7 Å². The highest BCUT2D eigenvalue weighted by Crippen LogP contribution is 2.53. The van der Waals surface area contributed by atoms with Gasteiger partial charge in [-0.15, -0.1) is 21.6 Å². The van der Waals surface area contributed by atoms with Crippen molar-refractivity contribution < 1.29 is 14.7 Å². The van der Waals surface area contributed by atoms with Crippen molar-refractivity contribution in [3.63, 3.8) is 0 Å². The van der Waals surface area contributed by atoms with Crippen LogP contribution < -0.4 is 21.4 Å². The third-order valence-corrected chi connectivity index (χ3v) is 17.1. The predicted molar refractivity (Wildman–Crippen MR) is 291 cm³/mol. The van der Waals surface area contributed by atoms with Gasteiger partial charge in [-0.05, 0) is 71.9 Å². The molecule has 4 N–H and O–H groups in total. The zero-order valence-electron chi connectivity index (χ0n) is 39.2. The van der Waals surface area contributed by atoms with Gasteiger partial charge in [-0.2, -0.15) is 5.10 Å². The van der Waals surface area contributed by atoms with Crippen LogP contribution in [0.2, 0.25) is 0 Å². The number of hydrogen-bond acceptors (Lipinski definition) is 15. The van der Waals surface area contributed by atoms with Crippen molar-refractivity contribution in [3.8, 4) is 22.5 Å². The first-order valence-electron chi connectivity index (χ1n) is 23.9. The van der Waals surface area contributed by atoms with Gasteiger partial charge in [0, 0.05) is 50.9 Å². The van der Waals surface area contributed by atoms with E-state index in [4.69, 9.17) is 15.0 Å². The van der Waals surface area contributed by atoms with E-state index in [1.807, 2.05) is 96.4 Å². The average Bonchev–Trinajstić information content (AvgIpc) is 3.68. The largest absolute Gasteiger partial charge is 0.481 e. The van der Waals surface area contributed by atoms with Crippen molar-refractivity contribution in [1.82, 2.24) is 30.2 Å². The van der Waals surface area contributed by atoms with E-state index in [0.717, 1.165) is 74.1 Å². The van der Waals surface area contributed by atoms with Gasteiger partial charge in [0.15, 0.2) is 11.4 Å². The van der Waals surface area contributed by atoms with Crippen molar-refractivity contribution in [2.24, 2.45) is 21.2 Å². The first-order chi connectivity index (χ1) is 35.7. The molecule has 4 aromatic carbocycles. The third kappa shape index (κ3) is 9.45. The monoisotopic (exact) mass is 1040 g/mol. The summed E-state index contributed by atoms with van der Waals surface area (Å²) in [6.45, 7) is 2.06. The van der Waals surface area contributed by atoms with E-state index < -0.39 is 12.0 Å². The number of benzene rings is 4. The van der Waals surface area contributed by atoms with Crippen LogP contribution in [0, 0.1) is 12.8 Å². The molecule has 73 heavy (non-hydrogen) atoms. The molecule has 4 aromatic heterocycles. The van der Waals surface area contributed by atoms with E-state index in [2.05, 4.69) is 67.9 Å². The lowest BCUT2D eigenvalue weighted by Crippen LogP contribution is -2.35. The summed E-state index contributed by atoms with van der Waals surface area (Å²) in [6.07, 6.45) is 4.59. The Bertz CT molecular complexity index is 3610. The highest BCUT2D eigenvalue weighted by molar-refractivity contribution is 8.10. The van der Waals surface area contributed by atoms with Crippen LogP contribution in [-0.4, -0.2) is 47.4 Å². The maximum Gasteiger partial charge on any atom is 0.303 e. The molecule has 0 bridgehead atoms. The molecule has 0 spiro atoms. The number of amides is 1. The fourth-order valence-electron chi connectivity index (χ4n) is 9.38. The van der Waals surface area contributed by atoms with Crippen LogP contribution >= 0.6 is 45.8 Å². The van der Waals surface area contributed by atoms with Crippen LogP contribution in [0.3, 0.4) is 0 Å². The molecule has 2 aliphatic carbocycles. The number of allylic oxidation sites excluding steroid dienone is 2. The second-order valence-corrected chi connectivity index (χ2v) is 22.1. The molecule has 3 fully saturated rings. The van der Waals surface area contributed by atoms with E-state index in [0.29, 0.717) is 39.1 Å². The number of carbonyl (C=O) groups is 2. The number of nitrogens with zero attached hydrogens (tertiary/aromatic N) is 8. The Morgan fingerprint density at radius 1 is 0.863 bits per heavy atom.